The molecule has 1 saturated heterocycles. The van der Waals surface area contributed by atoms with E-state index in [2.05, 4.69) is 39.4 Å². The van der Waals surface area contributed by atoms with Crippen LogP contribution in [0.4, 0.5) is 0 Å². The average molecular weight is 320 g/mol. The second-order valence-corrected chi connectivity index (χ2v) is 6.17. The van der Waals surface area contributed by atoms with E-state index >= 15 is 0 Å². The number of fused-ring (bicyclic) bond motifs is 1. The molecule has 5 nitrogen and oxygen atoms in total. The van der Waals surface area contributed by atoms with Crippen molar-refractivity contribution in [2.45, 2.75) is 6.54 Å². The summed E-state index contributed by atoms with van der Waals surface area (Å²) in [7, 11) is 0. The Morgan fingerprint density at radius 3 is 2.46 bits per heavy atom. The van der Waals surface area contributed by atoms with E-state index in [1.807, 2.05) is 35.2 Å². The van der Waals surface area contributed by atoms with Gasteiger partial charge in [0.15, 0.2) is 5.69 Å². The van der Waals surface area contributed by atoms with Crippen molar-refractivity contribution in [3.63, 3.8) is 0 Å². The van der Waals surface area contributed by atoms with Gasteiger partial charge in [0.05, 0.1) is 5.52 Å². The minimum absolute atomic E-state index is 0.0202. The van der Waals surface area contributed by atoms with Crippen molar-refractivity contribution in [3.8, 4) is 0 Å². The number of aromatic nitrogens is 2. The lowest BCUT2D eigenvalue weighted by atomic mass is 10.1. The number of aromatic amines is 1. The van der Waals surface area contributed by atoms with Crippen molar-refractivity contribution in [2.75, 3.05) is 26.2 Å². The lowest BCUT2D eigenvalue weighted by Crippen LogP contribution is -2.48. The number of H-pyrrole nitrogens is 1. The van der Waals surface area contributed by atoms with Gasteiger partial charge in [-0.05, 0) is 11.6 Å². The van der Waals surface area contributed by atoms with Gasteiger partial charge in [0.1, 0.15) is 0 Å². The fourth-order valence-electron chi connectivity index (χ4n) is 3.23. The summed E-state index contributed by atoms with van der Waals surface area (Å²) in [4.78, 5) is 17.1. The molecule has 122 valence electrons. The molecule has 24 heavy (non-hydrogen) atoms. The Kier molecular flexibility index (Phi) is 4.01. The Hall–Kier alpha value is -2.66. The highest BCUT2D eigenvalue weighted by atomic mass is 16.2. The number of benzene rings is 2. The quantitative estimate of drug-likeness (QED) is 0.807. The number of rotatable bonds is 3. The molecule has 5 heteroatoms. The van der Waals surface area contributed by atoms with Crippen LogP contribution in [0.15, 0.2) is 54.6 Å². The largest absolute Gasteiger partial charge is 0.335 e. The lowest BCUT2D eigenvalue weighted by Gasteiger charge is -2.34. The molecule has 0 aliphatic carbocycles. The summed E-state index contributed by atoms with van der Waals surface area (Å²) >= 11 is 0. The Morgan fingerprint density at radius 2 is 1.67 bits per heavy atom. The van der Waals surface area contributed by atoms with Crippen molar-refractivity contribution < 1.29 is 4.79 Å². The van der Waals surface area contributed by atoms with Crippen LogP contribution >= 0.6 is 0 Å². The first-order valence-corrected chi connectivity index (χ1v) is 8.30. The molecule has 0 saturated carbocycles. The van der Waals surface area contributed by atoms with E-state index in [4.69, 9.17) is 0 Å². The maximum absolute atomic E-state index is 12.8. The summed E-state index contributed by atoms with van der Waals surface area (Å²) in [5, 5.41) is 8.07. The van der Waals surface area contributed by atoms with Gasteiger partial charge in [-0.3, -0.25) is 14.8 Å². The van der Waals surface area contributed by atoms with Gasteiger partial charge < -0.3 is 4.90 Å². The SMILES string of the molecule is O=C(c1n[nH]c2ccccc12)N1CCN(Cc2ccccc2)CC1. The molecule has 1 aliphatic heterocycles. The highest BCUT2D eigenvalue weighted by Gasteiger charge is 2.25. The van der Waals surface area contributed by atoms with Crippen molar-refractivity contribution in [1.29, 1.82) is 0 Å². The first-order chi connectivity index (χ1) is 11.8. The average Bonchev–Trinajstić information content (AvgIpc) is 3.07. The van der Waals surface area contributed by atoms with E-state index in [9.17, 15) is 4.79 Å². The van der Waals surface area contributed by atoms with Crippen LogP contribution in [0.1, 0.15) is 16.1 Å². The second-order valence-electron chi connectivity index (χ2n) is 6.17. The molecular weight excluding hydrogens is 300 g/mol. The molecule has 0 atom stereocenters. The van der Waals surface area contributed by atoms with E-state index < -0.39 is 0 Å². The van der Waals surface area contributed by atoms with Gasteiger partial charge in [-0.1, -0.05) is 48.5 Å². The molecule has 1 fully saturated rings. The number of nitrogens with zero attached hydrogens (tertiary/aromatic N) is 3. The molecule has 2 heterocycles. The third kappa shape index (κ3) is 2.90. The maximum Gasteiger partial charge on any atom is 0.275 e. The number of carbonyl (C=O) groups excluding carboxylic acids is 1. The zero-order valence-electron chi connectivity index (χ0n) is 13.5. The standard InChI is InChI=1S/C19H20N4O/c24-19(18-16-8-4-5-9-17(16)20-21-18)23-12-10-22(11-13-23)14-15-6-2-1-3-7-15/h1-9H,10-14H2,(H,20,21). The van der Waals surface area contributed by atoms with Crippen LogP contribution < -0.4 is 0 Å². The molecule has 2 aromatic carbocycles. The highest BCUT2D eigenvalue weighted by Crippen LogP contribution is 2.18. The van der Waals surface area contributed by atoms with Gasteiger partial charge in [0.25, 0.3) is 5.91 Å². The fourth-order valence-corrected chi connectivity index (χ4v) is 3.23. The van der Waals surface area contributed by atoms with Crippen molar-refractivity contribution >= 4 is 16.8 Å². The van der Waals surface area contributed by atoms with Crippen molar-refractivity contribution in [2.24, 2.45) is 0 Å². The molecular formula is C19H20N4O. The fraction of sp³-hybridized carbons (Fsp3) is 0.263. The smallest absolute Gasteiger partial charge is 0.275 e. The minimum atomic E-state index is 0.0202. The molecule has 1 aliphatic rings. The summed E-state index contributed by atoms with van der Waals surface area (Å²) in [6.45, 7) is 4.21. The molecule has 3 aromatic rings. The van der Waals surface area contributed by atoms with Crippen LogP contribution in [0.3, 0.4) is 0 Å². The topological polar surface area (TPSA) is 52.2 Å². The zero-order valence-corrected chi connectivity index (χ0v) is 13.5. The van der Waals surface area contributed by atoms with Crippen LogP contribution in [0, 0.1) is 0 Å². The van der Waals surface area contributed by atoms with E-state index in [1.165, 1.54) is 5.56 Å². The van der Waals surface area contributed by atoms with Crippen LogP contribution in [-0.2, 0) is 6.54 Å². The molecule has 0 radical (unpaired) electrons. The summed E-state index contributed by atoms with van der Waals surface area (Å²) in [5.41, 5.74) is 2.75. The Bertz CT molecular complexity index is 835. The third-order valence-electron chi connectivity index (χ3n) is 4.58. The zero-order chi connectivity index (χ0) is 16.4. The van der Waals surface area contributed by atoms with Crippen LogP contribution in [-0.4, -0.2) is 52.1 Å². The van der Waals surface area contributed by atoms with Gasteiger partial charge >= 0.3 is 0 Å². The monoisotopic (exact) mass is 320 g/mol. The van der Waals surface area contributed by atoms with Crippen molar-refractivity contribution in [3.05, 3.63) is 65.9 Å². The normalized spacial score (nSPS) is 15.8. The van der Waals surface area contributed by atoms with E-state index in [0.29, 0.717) is 5.69 Å². The molecule has 1 N–H and O–H groups in total. The van der Waals surface area contributed by atoms with Crippen LogP contribution in [0.2, 0.25) is 0 Å². The van der Waals surface area contributed by atoms with Crippen LogP contribution in [0.25, 0.3) is 10.9 Å². The van der Waals surface area contributed by atoms with E-state index in [1.54, 1.807) is 0 Å². The van der Waals surface area contributed by atoms with Crippen molar-refractivity contribution in [1.82, 2.24) is 20.0 Å². The summed E-state index contributed by atoms with van der Waals surface area (Å²) < 4.78 is 0. The summed E-state index contributed by atoms with van der Waals surface area (Å²) in [6, 6.07) is 18.2. The van der Waals surface area contributed by atoms with Gasteiger partial charge in [-0.15, -0.1) is 0 Å². The predicted molar refractivity (Wildman–Crippen MR) is 93.7 cm³/mol. The minimum Gasteiger partial charge on any atom is -0.335 e. The Morgan fingerprint density at radius 1 is 0.958 bits per heavy atom. The predicted octanol–water partition coefficient (Wildman–Crippen LogP) is 2.52. The second kappa shape index (κ2) is 6.45. The van der Waals surface area contributed by atoms with Gasteiger partial charge in [-0.2, -0.15) is 5.10 Å². The number of nitrogens with one attached hydrogen (secondary N) is 1. The first kappa shape index (κ1) is 14.9. The van der Waals surface area contributed by atoms with E-state index in [0.717, 1.165) is 43.6 Å². The maximum atomic E-state index is 12.8. The molecule has 0 spiro atoms. The van der Waals surface area contributed by atoms with Gasteiger partial charge in [0, 0.05) is 38.1 Å². The van der Waals surface area contributed by atoms with Gasteiger partial charge in [0.2, 0.25) is 0 Å². The Balaban J connectivity index is 1.41. The third-order valence-corrected chi connectivity index (χ3v) is 4.58. The molecule has 1 aromatic heterocycles. The number of para-hydroxylation sites is 1. The highest BCUT2D eigenvalue weighted by molar-refractivity contribution is 6.04. The number of piperazine rings is 1. The van der Waals surface area contributed by atoms with Gasteiger partial charge in [-0.25, -0.2) is 0 Å². The molecule has 0 unspecified atom stereocenters. The number of carbonyl (C=O) groups is 1. The van der Waals surface area contributed by atoms with E-state index in [-0.39, 0.29) is 5.91 Å². The Labute approximate surface area is 140 Å². The number of hydrogen-bond acceptors (Lipinski definition) is 3. The summed E-state index contributed by atoms with van der Waals surface area (Å²) in [6.07, 6.45) is 0. The molecule has 1 amide bonds. The summed E-state index contributed by atoms with van der Waals surface area (Å²) in [5.74, 6) is 0.0202. The first-order valence-electron chi connectivity index (χ1n) is 8.30. The molecule has 4 rings (SSSR count). The number of amides is 1. The van der Waals surface area contributed by atoms with Crippen LogP contribution in [0.5, 0.6) is 0 Å². The number of hydrogen-bond donors (Lipinski definition) is 1. The molecule has 0 bridgehead atoms. The lowest BCUT2D eigenvalue weighted by molar-refractivity contribution is 0.0624.